The lowest BCUT2D eigenvalue weighted by Crippen LogP contribution is -2.33. The highest BCUT2D eigenvalue weighted by Gasteiger charge is 2.24. The summed E-state index contributed by atoms with van der Waals surface area (Å²) in [6.45, 7) is 0.503. The van der Waals surface area contributed by atoms with Gasteiger partial charge >= 0.3 is 0 Å². The Morgan fingerprint density at radius 1 is 1.33 bits per heavy atom. The lowest BCUT2D eigenvalue weighted by molar-refractivity contribution is -0.130. The van der Waals surface area contributed by atoms with E-state index in [1.807, 2.05) is 0 Å². The molecule has 0 aromatic heterocycles. The third-order valence-electron chi connectivity index (χ3n) is 2.73. The van der Waals surface area contributed by atoms with Crippen molar-refractivity contribution < 1.29 is 18.3 Å². The quantitative estimate of drug-likeness (QED) is 0.908. The Kier molecular flexibility index (Phi) is 4.29. The molecule has 3 nitrogen and oxygen atoms in total. The van der Waals surface area contributed by atoms with E-state index in [1.54, 1.807) is 0 Å². The summed E-state index contributed by atoms with van der Waals surface area (Å²) in [6, 6.07) is 2.20. The second-order valence-corrected chi connectivity index (χ2v) is 5.00. The highest BCUT2D eigenvalue weighted by Crippen LogP contribution is 2.24. The fourth-order valence-corrected chi connectivity index (χ4v) is 2.21. The largest absolute Gasteiger partial charge is 0.368 e. The number of hydrogen-bond acceptors (Lipinski definition) is 2. The van der Waals surface area contributed by atoms with Crippen LogP contribution in [0.2, 0.25) is 0 Å². The van der Waals surface area contributed by atoms with E-state index >= 15 is 0 Å². The van der Waals surface area contributed by atoms with Crippen LogP contribution in [0.15, 0.2) is 16.6 Å². The molecule has 1 heterocycles. The summed E-state index contributed by atoms with van der Waals surface area (Å²) >= 11 is 2.97. The Balaban J connectivity index is 2.11. The summed E-state index contributed by atoms with van der Waals surface area (Å²) in [7, 11) is 0. The Morgan fingerprint density at radius 2 is 2.00 bits per heavy atom. The minimum atomic E-state index is -0.814. The van der Waals surface area contributed by atoms with E-state index in [1.165, 1.54) is 0 Å². The maximum absolute atomic E-state index is 13.5. The average Bonchev–Trinajstić information content (AvgIpc) is 2.34. The molecule has 1 aromatic rings. The molecule has 18 heavy (non-hydrogen) atoms. The van der Waals surface area contributed by atoms with Gasteiger partial charge in [-0.25, -0.2) is 8.78 Å². The zero-order valence-corrected chi connectivity index (χ0v) is 11.1. The number of hydrogen-bond donors (Lipinski definition) is 1. The minimum absolute atomic E-state index is 0.282. The van der Waals surface area contributed by atoms with Crippen LogP contribution in [0.5, 0.6) is 0 Å². The molecule has 1 aliphatic heterocycles. The molecule has 1 aliphatic rings. The number of nitrogens with one attached hydrogen (secondary N) is 1. The highest BCUT2D eigenvalue weighted by atomic mass is 79.9. The fraction of sp³-hybridized carbons (Fsp3) is 0.417. The van der Waals surface area contributed by atoms with E-state index in [0.29, 0.717) is 13.0 Å². The summed E-state index contributed by atoms with van der Waals surface area (Å²) < 4.78 is 32.6. The number of anilines is 1. The number of amides is 1. The van der Waals surface area contributed by atoms with E-state index in [2.05, 4.69) is 21.2 Å². The summed E-state index contributed by atoms with van der Waals surface area (Å²) in [5, 5.41) is 2.24. The van der Waals surface area contributed by atoms with E-state index in [9.17, 15) is 13.6 Å². The van der Waals surface area contributed by atoms with Crippen molar-refractivity contribution >= 4 is 27.5 Å². The predicted molar refractivity (Wildman–Crippen MR) is 66.3 cm³/mol. The molecule has 0 saturated carbocycles. The molecule has 0 radical (unpaired) electrons. The van der Waals surface area contributed by atoms with Gasteiger partial charge in [0.1, 0.15) is 11.8 Å². The Morgan fingerprint density at radius 3 is 2.56 bits per heavy atom. The van der Waals surface area contributed by atoms with Gasteiger partial charge in [-0.05, 0) is 31.4 Å². The van der Waals surface area contributed by atoms with Crippen LogP contribution in [0.3, 0.4) is 0 Å². The second-order valence-electron chi connectivity index (χ2n) is 4.09. The molecule has 1 unspecified atom stereocenters. The maximum atomic E-state index is 13.5. The van der Waals surface area contributed by atoms with E-state index in [0.717, 1.165) is 25.0 Å². The smallest absolute Gasteiger partial charge is 0.253 e. The number of benzene rings is 1. The van der Waals surface area contributed by atoms with E-state index < -0.39 is 29.3 Å². The monoisotopic (exact) mass is 319 g/mol. The molecule has 1 aromatic carbocycles. The molecular weight excluding hydrogens is 308 g/mol. The molecule has 2 rings (SSSR count). The first-order chi connectivity index (χ1) is 8.58. The molecule has 1 fully saturated rings. The van der Waals surface area contributed by atoms with Gasteiger partial charge in [0.05, 0.1) is 0 Å². The van der Waals surface area contributed by atoms with Crippen molar-refractivity contribution in [2.24, 2.45) is 0 Å². The highest BCUT2D eigenvalue weighted by molar-refractivity contribution is 9.10. The van der Waals surface area contributed by atoms with Crippen molar-refractivity contribution in [3.8, 4) is 0 Å². The molecule has 1 amide bonds. The lowest BCUT2D eigenvalue weighted by Gasteiger charge is -2.21. The third-order valence-corrected chi connectivity index (χ3v) is 3.19. The lowest BCUT2D eigenvalue weighted by atomic mass is 10.1. The van der Waals surface area contributed by atoms with Crippen molar-refractivity contribution in [2.75, 3.05) is 11.9 Å². The summed E-state index contributed by atoms with van der Waals surface area (Å²) in [5.41, 5.74) is -0.433. The van der Waals surface area contributed by atoms with Crippen molar-refractivity contribution in [3.05, 3.63) is 28.2 Å². The maximum Gasteiger partial charge on any atom is 0.253 e. The average molecular weight is 320 g/mol. The van der Waals surface area contributed by atoms with Crippen LogP contribution in [0.4, 0.5) is 14.5 Å². The summed E-state index contributed by atoms with van der Waals surface area (Å²) in [5.74, 6) is -2.13. The summed E-state index contributed by atoms with van der Waals surface area (Å²) in [4.78, 5) is 11.8. The first-order valence-electron chi connectivity index (χ1n) is 5.65. The van der Waals surface area contributed by atoms with Crippen LogP contribution in [-0.4, -0.2) is 18.6 Å². The van der Waals surface area contributed by atoms with Crippen molar-refractivity contribution in [1.82, 2.24) is 0 Å². The van der Waals surface area contributed by atoms with Gasteiger partial charge in [0.25, 0.3) is 5.91 Å². The predicted octanol–water partition coefficient (Wildman–Crippen LogP) is 3.23. The van der Waals surface area contributed by atoms with Gasteiger partial charge in [0.15, 0.2) is 11.6 Å². The minimum Gasteiger partial charge on any atom is -0.368 e. The first-order valence-corrected chi connectivity index (χ1v) is 6.44. The number of halogens is 3. The van der Waals surface area contributed by atoms with Gasteiger partial charge in [0, 0.05) is 11.1 Å². The molecule has 1 atom stereocenters. The Labute approximate surface area is 112 Å². The molecule has 98 valence electrons. The normalized spacial score (nSPS) is 19.6. The van der Waals surface area contributed by atoms with Crippen LogP contribution in [0.1, 0.15) is 19.3 Å². The van der Waals surface area contributed by atoms with Crippen molar-refractivity contribution in [2.45, 2.75) is 25.4 Å². The zero-order valence-electron chi connectivity index (χ0n) is 9.51. The van der Waals surface area contributed by atoms with Gasteiger partial charge in [-0.2, -0.15) is 0 Å². The first kappa shape index (κ1) is 13.4. The number of ether oxygens (including phenoxy) is 1. The van der Waals surface area contributed by atoms with E-state index in [-0.39, 0.29) is 4.47 Å². The Hall–Kier alpha value is -1.01. The molecule has 6 heteroatoms. The zero-order chi connectivity index (χ0) is 13.1. The molecular formula is C12H12BrF2NO2. The molecule has 1 N–H and O–H groups in total. The summed E-state index contributed by atoms with van der Waals surface area (Å²) in [6.07, 6.45) is 1.74. The second kappa shape index (κ2) is 5.75. The third kappa shape index (κ3) is 3.05. The van der Waals surface area contributed by atoms with Gasteiger partial charge < -0.3 is 10.1 Å². The Bertz CT molecular complexity index is 438. The number of carbonyl (C=O) groups is 1. The van der Waals surface area contributed by atoms with Crippen LogP contribution < -0.4 is 5.32 Å². The van der Waals surface area contributed by atoms with Gasteiger partial charge in [-0.15, -0.1) is 0 Å². The molecule has 0 aliphatic carbocycles. The van der Waals surface area contributed by atoms with Crippen LogP contribution in [0, 0.1) is 11.6 Å². The topological polar surface area (TPSA) is 38.3 Å². The fourth-order valence-electron chi connectivity index (χ4n) is 1.81. The molecule has 1 saturated heterocycles. The SMILES string of the molecule is O=C(Nc1c(F)cc(Br)cc1F)C1CCCCO1. The van der Waals surface area contributed by atoms with Gasteiger partial charge in [-0.3, -0.25) is 4.79 Å². The van der Waals surface area contributed by atoms with Crippen LogP contribution >= 0.6 is 15.9 Å². The van der Waals surface area contributed by atoms with E-state index in [4.69, 9.17) is 4.74 Å². The van der Waals surface area contributed by atoms with Crippen LogP contribution in [0.25, 0.3) is 0 Å². The standard InChI is InChI=1S/C12H12BrF2NO2/c13-7-5-8(14)11(9(15)6-7)16-12(17)10-3-1-2-4-18-10/h5-6,10H,1-4H2,(H,16,17). The van der Waals surface area contributed by atoms with Crippen molar-refractivity contribution in [3.63, 3.8) is 0 Å². The van der Waals surface area contributed by atoms with Gasteiger partial charge in [0.2, 0.25) is 0 Å². The van der Waals surface area contributed by atoms with Crippen molar-refractivity contribution in [1.29, 1.82) is 0 Å². The molecule has 0 bridgehead atoms. The van der Waals surface area contributed by atoms with Crippen LogP contribution in [-0.2, 0) is 9.53 Å². The number of rotatable bonds is 2. The number of carbonyl (C=O) groups excluding carboxylic acids is 1. The van der Waals surface area contributed by atoms with Gasteiger partial charge in [-0.1, -0.05) is 15.9 Å². The molecule has 0 spiro atoms.